The Labute approximate surface area is 127 Å². The van der Waals surface area contributed by atoms with Gasteiger partial charge in [-0.1, -0.05) is 17.7 Å². The van der Waals surface area contributed by atoms with E-state index in [1.165, 1.54) is 0 Å². The average molecular weight is 306 g/mol. The monoisotopic (exact) mass is 305 g/mol. The van der Waals surface area contributed by atoms with Crippen LogP contribution in [0.4, 0.5) is 0 Å². The van der Waals surface area contributed by atoms with E-state index in [1.54, 1.807) is 6.20 Å². The zero-order chi connectivity index (χ0) is 14.3. The summed E-state index contributed by atoms with van der Waals surface area (Å²) in [6, 6.07) is 7.85. The van der Waals surface area contributed by atoms with E-state index in [0.717, 1.165) is 33.8 Å². The molecule has 0 N–H and O–H groups in total. The lowest BCUT2D eigenvalue weighted by molar-refractivity contribution is 0.969. The molecule has 0 unspecified atom stereocenters. The topological polar surface area (TPSA) is 30.7 Å². The van der Waals surface area contributed by atoms with Crippen molar-refractivity contribution >= 4 is 34.4 Å². The van der Waals surface area contributed by atoms with Crippen LogP contribution in [0.15, 0.2) is 30.5 Å². The molecule has 0 atom stereocenters. The van der Waals surface area contributed by atoms with Gasteiger partial charge in [0.05, 0.1) is 16.6 Å². The number of aryl methyl sites for hydroxylation is 2. The Morgan fingerprint density at radius 1 is 1.20 bits per heavy atom. The van der Waals surface area contributed by atoms with Crippen molar-refractivity contribution in [3.8, 4) is 5.69 Å². The van der Waals surface area contributed by atoms with Gasteiger partial charge in [0.1, 0.15) is 11.3 Å². The second-order valence-corrected chi connectivity index (χ2v) is 5.43. The molecule has 0 fully saturated rings. The molecule has 0 saturated carbocycles. The van der Waals surface area contributed by atoms with Crippen LogP contribution in [-0.2, 0) is 5.88 Å². The maximum absolute atomic E-state index is 6.37. The van der Waals surface area contributed by atoms with Crippen LogP contribution in [0, 0.1) is 13.8 Å². The van der Waals surface area contributed by atoms with Gasteiger partial charge in [0.2, 0.25) is 0 Å². The lowest BCUT2D eigenvalue weighted by Crippen LogP contribution is -2.01. The Kier molecular flexibility index (Phi) is 3.40. The zero-order valence-electron chi connectivity index (χ0n) is 11.2. The number of hydrogen-bond donors (Lipinski definition) is 0. The second kappa shape index (κ2) is 5.08. The first-order valence-electron chi connectivity index (χ1n) is 6.27. The quantitative estimate of drug-likeness (QED) is 0.656. The number of aromatic nitrogens is 3. The van der Waals surface area contributed by atoms with Crippen molar-refractivity contribution in [2.45, 2.75) is 19.7 Å². The highest BCUT2D eigenvalue weighted by Crippen LogP contribution is 2.28. The van der Waals surface area contributed by atoms with Gasteiger partial charge in [0, 0.05) is 6.20 Å². The molecule has 2 aromatic heterocycles. The van der Waals surface area contributed by atoms with Crippen LogP contribution in [0.1, 0.15) is 17.0 Å². The molecule has 0 aliphatic heterocycles. The molecule has 20 heavy (non-hydrogen) atoms. The normalized spacial score (nSPS) is 11.2. The molecule has 0 spiro atoms. The number of rotatable bonds is 2. The van der Waals surface area contributed by atoms with Gasteiger partial charge in [0.15, 0.2) is 5.65 Å². The number of fused-ring (bicyclic) bond motifs is 1. The Hall–Kier alpha value is -1.58. The number of alkyl halides is 1. The first kappa shape index (κ1) is 13.4. The van der Waals surface area contributed by atoms with E-state index in [0.29, 0.717) is 10.9 Å². The van der Waals surface area contributed by atoms with Crippen molar-refractivity contribution in [2.24, 2.45) is 0 Å². The predicted octanol–water partition coefficient (Wildman–Crippen LogP) is 4.43. The lowest BCUT2D eigenvalue weighted by Gasteiger charge is -2.10. The first-order chi connectivity index (χ1) is 9.61. The molecule has 1 aromatic carbocycles. The van der Waals surface area contributed by atoms with Gasteiger partial charge in [-0.15, -0.1) is 11.6 Å². The molecule has 3 rings (SSSR count). The van der Waals surface area contributed by atoms with Crippen molar-refractivity contribution < 1.29 is 0 Å². The maximum atomic E-state index is 6.37. The summed E-state index contributed by atoms with van der Waals surface area (Å²) >= 11 is 12.4. The van der Waals surface area contributed by atoms with Gasteiger partial charge < -0.3 is 0 Å². The molecule has 0 radical (unpaired) electrons. The summed E-state index contributed by atoms with van der Waals surface area (Å²) in [5, 5.41) is 0.666. The van der Waals surface area contributed by atoms with Gasteiger partial charge >= 0.3 is 0 Å². The largest absolute Gasteiger partial charge is 0.278 e. The van der Waals surface area contributed by atoms with Crippen LogP contribution in [-0.4, -0.2) is 14.5 Å². The highest BCUT2D eigenvalue weighted by atomic mass is 35.5. The fourth-order valence-corrected chi connectivity index (χ4v) is 2.77. The molecule has 0 saturated heterocycles. The van der Waals surface area contributed by atoms with Gasteiger partial charge in [-0.25, -0.2) is 9.97 Å². The molecular formula is C15H13Cl2N3. The van der Waals surface area contributed by atoms with Crippen molar-refractivity contribution in [1.82, 2.24) is 14.5 Å². The Balaban J connectivity index is 2.37. The molecule has 5 heteroatoms. The van der Waals surface area contributed by atoms with E-state index in [-0.39, 0.29) is 0 Å². The van der Waals surface area contributed by atoms with Gasteiger partial charge in [0.25, 0.3) is 0 Å². The lowest BCUT2D eigenvalue weighted by atomic mass is 10.2. The van der Waals surface area contributed by atoms with Crippen LogP contribution in [0.3, 0.4) is 0 Å². The fourth-order valence-electron chi connectivity index (χ4n) is 2.28. The predicted molar refractivity (Wildman–Crippen MR) is 82.9 cm³/mol. The van der Waals surface area contributed by atoms with E-state index in [1.807, 2.05) is 42.7 Å². The van der Waals surface area contributed by atoms with Gasteiger partial charge in [-0.05, 0) is 43.2 Å². The number of nitrogens with zero attached hydrogens (tertiary/aromatic N) is 3. The standard InChI is InChI=1S/C15H13Cl2N3/c1-9-3-4-12(11(17)7-9)20-13(8-16)19-14-10(2)5-6-18-15(14)20/h3-7H,8H2,1-2H3. The first-order valence-corrected chi connectivity index (χ1v) is 7.18. The Bertz CT molecular complexity index is 793. The summed E-state index contributed by atoms with van der Waals surface area (Å²) < 4.78 is 1.93. The van der Waals surface area contributed by atoms with E-state index < -0.39 is 0 Å². The minimum absolute atomic E-state index is 0.306. The van der Waals surface area contributed by atoms with Crippen LogP contribution >= 0.6 is 23.2 Å². The third kappa shape index (κ3) is 2.07. The van der Waals surface area contributed by atoms with E-state index in [4.69, 9.17) is 23.2 Å². The fraction of sp³-hybridized carbons (Fsp3) is 0.200. The minimum Gasteiger partial charge on any atom is -0.278 e. The third-order valence-electron chi connectivity index (χ3n) is 3.28. The maximum Gasteiger partial charge on any atom is 0.165 e. The molecule has 2 heterocycles. The Morgan fingerprint density at radius 2 is 2.00 bits per heavy atom. The molecule has 0 aliphatic rings. The van der Waals surface area contributed by atoms with Crippen LogP contribution in [0.2, 0.25) is 5.02 Å². The molecule has 3 nitrogen and oxygen atoms in total. The van der Waals surface area contributed by atoms with Crippen molar-refractivity contribution in [3.05, 3.63) is 52.4 Å². The number of halogens is 2. The molecule has 0 bridgehead atoms. The number of pyridine rings is 1. The van der Waals surface area contributed by atoms with Crippen LogP contribution in [0.25, 0.3) is 16.9 Å². The van der Waals surface area contributed by atoms with Gasteiger partial charge in [-0.3, -0.25) is 4.57 Å². The average Bonchev–Trinajstić information content (AvgIpc) is 2.79. The summed E-state index contributed by atoms with van der Waals surface area (Å²) in [6.45, 7) is 4.02. The van der Waals surface area contributed by atoms with Crippen molar-refractivity contribution in [2.75, 3.05) is 0 Å². The summed E-state index contributed by atoms with van der Waals surface area (Å²) in [6.07, 6.45) is 1.77. The summed E-state index contributed by atoms with van der Waals surface area (Å²) in [4.78, 5) is 9.01. The van der Waals surface area contributed by atoms with E-state index in [9.17, 15) is 0 Å². The summed E-state index contributed by atoms with van der Waals surface area (Å²) in [7, 11) is 0. The van der Waals surface area contributed by atoms with E-state index >= 15 is 0 Å². The second-order valence-electron chi connectivity index (χ2n) is 4.75. The van der Waals surface area contributed by atoms with E-state index in [2.05, 4.69) is 9.97 Å². The third-order valence-corrected chi connectivity index (χ3v) is 3.82. The Morgan fingerprint density at radius 3 is 2.70 bits per heavy atom. The van der Waals surface area contributed by atoms with Gasteiger partial charge in [-0.2, -0.15) is 0 Å². The zero-order valence-corrected chi connectivity index (χ0v) is 12.7. The number of imidazole rings is 1. The molecule has 3 aromatic rings. The minimum atomic E-state index is 0.306. The number of hydrogen-bond acceptors (Lipinski definition) is 2. The molecule has 0 aliphatic carbocycles. The molecule has 102 valence electrons. The number of benzene rings is 1. The highest BCUT2D eigenvalue weighted by Gasteiger charge is 2.16. The van der Waals surface area contributed by atoms with Crippen molar-refractivity contribution in [3.63, 3.8) is 0 Å². The molecular weight excluding hydrogens is 293 g/mol. The van der Waals surface area contributed by atoms with Crippen LogP contribution in [0.5, 0.6) is 0 Å². The SMILES string of the molecule is Cc1ccc(-n2c(CCl)nc3c(C)ccnc32)c(Cl)c1. The summed E-state index contributed by atoms with van der Waals surface area (Å²) in [5.74, 6) is 1.05. The molecule has 0 amide bonds. The van der Waals surface area contributed by atoms with Crippen LogP contribution < -0.4 is 0 Å². The summed E-state index contributed by atoms with van der Waals surface area (Å²) in [5.41, 5.74) is 4.68. The van der Waals surface area contributed by atoms with Crippen molar-refractivity contribution in [1.29, 1.82) is 0 Å². The highest BCUT2D eigenvalue weighted by molar-refractivity contribution is 6.32. The smallest absolute Gasteiger partial charge is 0.165 e.